The van der Waals surface area contributed by atoms with Crippen molar-refractivity contribution in [3.63, 3.8) is 0 Å². The van der Waals surface area contributed by atoms with Crippen LogP contribution in [0, 0.1) is 6.20 Å². The van der Waals surface area contributed by atoms with E-state index in [1.807, 2.05) is 6.07 Å². The SMILES string of the molecule is Brc1cc[c]nc1Br. The van der Waals surface area contributed by atoms with E-state index in [0.717, 1.165) is 9.08 Å². The molecule has 0 saturated carbocycles. The van der Waals surface area contributed by atoms with E-state index in [9.17, 15) is 0 Å². The topological polar surface area (TPSA) is 12.9 Å². The first-order chi connectivity index (χ1) is 3.80. The number of pyridine rings is 1. The van der Waals surface area contributed by atoms with E-state index in [2.05, 4.69) is 43.0 Å². The molecule has 0 N–H and O–H groups in total. The summed E-state index contributed by atoms with van der Waals surface area (Å²) in [7, 11) is 0. The van der Waals surface area contributed by atoms with E-state index in [-0.39, 0.29) is 0 Å². The van der Waals surface area contributed by atoms with Crippen molar-refractivity contribution in [1.29, 1.82) is 0 Å². The maximum Gasteiger partial charge on any atom is 0.121 e. The summed E-state index contributed by atoms with van der Waals surface area (Å²) < 4.78 is 1.75. The molecule has 1 aromatic rings. The van der Waals surface area contributed by atoms with Crippen LogP contribution in [-0.4, -0.2) is 4.98 Å². The molecule has 0 aliphatic rings. The largest absolute Gasteiger partial charge is 0.238 e. The Morgan fingerprint density at radius 1 is 1.50 bits per heavy atom. The molecule has 1 nitrogen and oxygen atoms in total. The zero-order chi connectivity index (χ0) is 5.98. The molecule has 3 heteroatoms. The highest BCUT2D eigenvalue weighted by Crippen LogP contribution is 2.17. The Morgan fingerprint density at radius 3 is 2.62 bits per heavy atom. The van der Waals surface area contributed by atoms with Gasteiger partial charge in [-0.3, -0.25) is 0 Å². The number of halogens is 2. The molecule has 1 radical (unpaired) electrons. The molecule has 0 saturated heterocycles. The summed E-state index contributed by atoms with van der Waals surface area (Å²) in [5.74, 6) is 0. The third-order valence-electron chi connectivity index (χ3n) is 0.664. The molecule has 1 aromatic heterocycles. The summed E-state index contributed by atoms with van der Waals surface area (Å²) in [6, 6.07) is 3.62. The monoisotopic (exact) mass is 234 g/mol. The Morgan fingerprint density at radius 2 is 2.25 bits per heavy atom. The van der Waals surface area contributed by atoms with Gasteiger partial charge in [-0.2, -0.15) is 0 Å². The fourth-order valence-corrected chi connectivity index (χ4v) is 0.782. The van der Waals surface area contributed by atoms with Crippen molar-refractivity contribution in [2.75, 3.05) is 0 Å². The summed E-state index contributed by atoms with van der Waals surface area (Å²) in [4.78, 5) is 3.82. The van der Waals surface area contributed by atoms with Gasteiger partial charge in [-0.15, -0.1) is 0 Å². The van der Waals surface area contributed by atoms with Crippen LogP contribution in [-0.2, 0) is 0 Å². The average molecular weight is 236 g/mol. The third-order valence-corrected chi connectivity index (χ3v) is 2.44. The maximum atomic E-state index is 3.82. The lowest BCUT2D eigenvalue weighted by Crippen LogP contribution is -1.72. The van der Waals surface area contributed by atoms with Gasteiger partial charge in [0.15, 0.2) is 0 Å². The molecule has 0 bridgehead atoms. The van der Waals surface area contributed by atoms with E-state index >= 15 is 0 Å². The normalized spacial score (nSPS) is 9.25. The minimum Gasteiger partial charge on any atom is -0.238 e. The lowest BCUT2D eigenvalue weighted by molar-refractivity contribution is 1.24. The van der Waals surface area contributed by atoms with Gasteiger partial charge >= 0.3 is 0 Å². The lowest BCUT2D eigenvalue weighted by atomic mass is 10.5. The molecule has 1 rings (SSSR count). The van der Waals surface area contributed by atoms with Gasteiger partial charge in [0, 0.05) is 0 Å². The van der Waals surface area contributed by atoms with Crippen LogP contribution in [0.3, 0.4) is 0 Å². The fraction of sp³-hybridized carbons (Fsp3) is 0. The maximum absolute atomic E-state index is 3.82. The first-order valence-corrected chi connectivity index (χ1v) is 3.57. The fourth-order valence-electron chi connectivity index (χ4n) is 0.327. The van der Waals surface area contributed by atoms with Crippen molar-refractivity contribution >= 4 is 31.9 Å². The quantitative estimate of drug-likeness (QED) is 0.630. The van der Waals surface area contributed by atoms with Crippen molar-refractivity contribution < 1.29 is 0 Å². The molecule has 41 valence electrons. The molecule has 0 spiro atoms. The zero-order valence-corrected chi connectivity index (χ0v) is 7.03. The number of nitrogens with zero attached hydrogens (tertiary/aromatic N) is 1. The predicted molar refractivity (Wildman–Crippen MR) is 38.5 cm³/mol. The van der Waals surface area contributed by atoms with Crippen molar-refractivity contribution in [3.05, 3.63) is 27.4 Å². The Bertz CT molecular complexity index is 167. The van der Waals surface area contributed by atoms with Gasteiger partial charge in [0.05, 0.1) is 10.7 Å². The van der Waals surface area contributed by atoms with Gasteiger partial charge in [-0.25, -0.2) is 4.98 Å². The molecule has 0 atom stereocenters. The molecule has 0 amide bonds. The first-order valence-electron chi connectivity index (χ1n) is 1.99. The Kier molecular flexibility index (Phi) is 2.02. The smallest absolute Gasteiger partial charge is 0.121 e. The van der Waals surface area contributed by atoms with Crippen LogP contribution < -0.4 is 0 Å². The molecule has 8 heavy (non-hydrogen) atoms. The number of hydrogen-bond donors (Lipinski definition) is 0. The highest BCUT2D eigenvalue weighted by Gasteiger charge is 1.90. The Balaban J connectivity index is 3.13. The van der Waals surface area contributed by atoms with Crippen molar-refractivity contribution in [1.82, 2.24) is 4.98 Å². The summed E-state index contributed by atoms with van der Waals surface area (Å²) in [5, 5.41) is 0. The van der Waals surface area contributed by atoms with Crippen molar-refractivity contribution in [3.8, 4) is 0 Å². The summed E-state index contributed by atoms with van der Waals surface area (Å²) >= 11 is 6.47. The first kappa shape index (κ1) is 6.23. The Labute approximate surface area is 64.4 Å². The molecule has 0 aliphatic carbocycles. The van der Waals surface area contributed by atoms with Crippen LogP contribution >= 0.6 is 31.9 Å². The summed E-state index contributed by atoms with van der Waals surface area (Å²) in [5.41, 5.74) is 0. The number of hydrogen-bond acceptors (Lipinski definition) is 1. The second kappa shape index (κ2) is 2.60. The third kappa shape index (κ3) is 1.29. The van der Waals surface area contributed by atoms with E-state index in [1.54, 1.807) is 6.07 Å². The van der Waals surface area contributed by atoms with E-state index in [4.69, 9.17) is 0 Å². The predicted octanol–water partition coefficient (Wildman–Crippen LogP) is 2.41. The standard InChI is InChI=1S/C5H2Br2N/c6-4-2-1-3-8-5(4)7/h1-2H. The van der Waals surface area contributed by atoms with E-state index < -0.39 is 0 Å². The summed E-state index contributed by atoms with van der Waals surface area (Å²) in [6.07, 6.45) is 2.67. The van der Waals surface area contributed by atoms with Gasteiger partial charge in [0.1, 0.15) is 4.60 Å². The van der Waals surface area contributed by atoms with Gasteiger partial charge in [-0.05, 0) is 44.0 Å². The average Bonchev–Trinajstić information content (AvgIpc) is 1.77. The van der Waals surface area contributed by atoms with Gasteiger partial charge < -0.3 is 0 Å². The van der Waals surface area contributed by atoms with Crippen LogP contribution in [0.15, 0.2) is 21.2 Å². The van der Waals surface area contributed by atoms with Gasteiger partial charge in [0.2, 0.25) is 0 Å². The molecule has 0 unspecified atom stereocenters. The van der Waals surface area contributed by atoms with Crippen molar-refractivity contribution in [2.24, 2.45) is 0 Å². The lowest BCUT2D eigenvalue weighted by Gasteiger charge is -1.87. The second-order valence-electron chi connectivity index (χ2n) is 1.21. The minimum atomic E-state index is 0.792. The number of aromatic nitrogens is 1. The van der Waals surface area contributed by atoms with Crippen LogP contribution in [0.5, 0.6) is 0 Å². The molecule has 0 aliphatic heterocycles. The van der Waals surface area contributed by atoms with E-state index in [1.165, 1.54) is 0 Å². The second-order valence-corrected chi connectivity index (χ2v) is 2.82. The van der Waals surface area contributed by atoms with Crippen LogP contribution in [0.2, 0.25) is 0 Å². The minimum absolute atomic E-state index is 0.792. The highest BCUT2D eigenvalue weighted by molar-refractivity contribution is 9.13. The number of rotatable bonds is 0. The van der Waals surface area contributed by atoms with Gasteiger partial charge in [-0.1, -0.05) is 0 Å². The van der Waals surface area contributed by atoms with Crippen LogP contribution in [0.25, 0.3) is 0 Å². The molecular weight excluding hydrogens is 234 g/mol. The molecule has 1 heterocycles. The molecule has 0 aromatic carbocycles. The van der Waals surface area contributed by atoms with E-state index in [0.29, 0.717) is 0 Å². The molecule has 0 fully saturated rings. The van der Waals surface area contributed by atoms with Crippen LogP contribution in [0.1, 0.15) is 0 Å². The van der Waals surface area contributed by atoms with Crippen molar-refractivity contribution in [2.45, 2.75) is 0 Å². The zero-order valence-electron chi connectivity index (χ0n) is 3.86. The summed E-state index contributed by atoms with van der Waals surface area (Å²) in [6.45, 7) is 0. The molecular formula is C5H2Br2N. The van der Waals surface area contributed by atoms with Crippen LogP contribution in [0.4, 0.5) is 0 Å². The highest BCUT2D eigenvalue weighted by atomic mass is 79.9. The van der Waals surface area contributed by atoms with Gasteiger partial charge in [0.25, 0.3) is 0 Å². The Hall–Kier alpha value is 0.110.